The van der Waals surface area contributed by atoms with Crippen molar-refractivity contribution in [3.8, 4) is 0 Å². The van der Waals surface area contributed by atoms with Crippen molar-refractivity contribution in [3.05, 3.63) is 0 Å². The minimum atomic E-state index is 0. The quantitative estimate of drug-likeness (QED) is 0.347. The molecule has 2 rings (SSSR count). The molecule has 0 radical (unpaired) electrons. The van der Waals surface area contributed by atoms with Crippen molar-refractivity contribution in [2.24, 2.45) is 10.4 Å². The number of aliphatic imine (C=N–C) groups is 1. The fourth-order valence-corrected chi connectivity index (χ4v) is 3.67. The summed E-state index contributed by atoms with van der Waals surface area (Å²) < 4.78 is 5.21. The van der Waals surface area contributed by atoms with Gasteiger partial charge in [0, 0.05) is 39.8 Å². The van der Waals surface area contributed by atoms with Crippen LogP contribution in [0.4, 0.5) is 0 Å². The molecule has 1 aliphatic heterocycles. The highest BCUT2D eigenvalue weighted by Crippen LogP contribution is 2.42. The molecule has 0 aromatic rings. The smallest absolute Gasteiger partial charge is 0.191 e. The average molecular weight is 438 g/mol. The van der Waals surface area contributed by atoms with Gasteiger partial charge in [-0.15, -0.1) is 24.0 Å². The van der Waals surface area contributed by atoms with Gasteiger partial charge in [-0.25, -0.2) is 0 Å². The first-order valence-electron chi connectivity index (χ1n) is 8.90. The maximum atomic E-state index is 5.21. The highest BCUT2D eigenvalue weighted by atomic mass is 127. The summed E-state index contributed by atoms with van der Waals surface area (Å²) in [7, 11) is 3.64. The van der Waals surface area contributed by atoms with Crippen molar-refractivity contribution in [1.82, 2.24) is 15.5 Å². The van der Waals surface area contributed by atoms with Gasteiger partial charge in [0.2, 0.25) is 0 Å². The third kappa shape index (κ3) is 6.05. The van der Waals surface area contributed by atoms with E-state index < -0.39 is 0 Å². The molecule has 0 aromatic heterocycles. The first-order valence-corrected chi connectivity index (χ1v) is 8.90. The van der Waals surface area contributed by atoms with E-state index in [9.17, 15) is 0 Å². The normalized spacial score (nSPS) is 24.0. The van der Waals surface area contributed by atoms with Crippen LogP contribution in [0, 0.1) is 5.41 Å². The minimum Gasteiger partial charge on any atom is -0.383 e. The Kier molecular flexibility index (Phi) is 9.77. The Morgan fingerprint density at radius 2 is 2.09 bits per heavy atom. The van der Waals surface area contributed by atoms with Crippen LogP contribution in [0.15, 0.2) is 4.99 Å². The first kappa shape index (κ1) is 21.0. The summed E-state index contributed by atoms with van der Waals surface area (Å²) in [4.78, 5) is 6.91. The number of likely N-dealkylation sites (tertiary alicyclic amines) is 1. The lowest BCUT2D eigenvalue weighted by Crippen LogP contribution is -2.49. The number of ether oxygens (including phenoxy) is 1. The summed E-state index contributed by atoms with van der Waals surface area (Å²) >= 11 is 0. The molecule has 1 saturated carbocycles. The first-order chi connectivity index (χ1) is 10.7. The van der Waals surface area contributed by atoms with Gasteiger partial charge in [0.05, 0.1) is 6.61 Å². The summed E-state index contributed by atoms with van der Waals surface area (Å²) in [6, 6.07) is 0.609. The largest absolute Gasteiger partial charge is 0.383 e. The molecule has 1 heterocycles. The van der Waals surface area contributed by atoms with E-state index in [1.807, 2.05) is 7.05 Å². The Hall–Kier alpha value is -0.0800. The van der Waals surface area contributed by atoms with Crippen LogP contribution in [0.5, 0.6) is 0 Å². The van der Waals surface area contributed by atoms with E-state index in [-0.39, 0.29) is 24.0 Å². The Balaban J connectivity index is 0.00000264. The molecule has 1 aliphatic carbocycles. The fourth-order valence-electron chi connectivity index (χ4n) is 3.67. The maximum absolute atomic E-state index is 5.21. The molecular formula is C17H35IN4O. The summed E-state index contributed by atoms with van der Waals surface area (Å²) in [5.74, 6) is 0.957. The topological polar surface area (TPSA) is 48.9 Å². The second kappa shape index (κ2) is 10.7. The Morgan fingerprint density at radius 1 is 1.30 bits per heavy atom. The monoisotopic (exact) mass is 438 g/mol. The van der Waals surface area contributed by atoms with Crippen molar-refractivity contribution in [3.63, 3.8) is 0 Å². The van der Waals surface area contributed by atoms with E-state index in [0.29, 0.717) is 11.5 Å². The number of guanidine groups is 1. The second-order valence-corrected chi connectivity index (χ2v) is 6.84. The van der Waals surface area contributed by atoms with Gasteiger partial charge in [0.1, 0.15) is 0 Å². The van der Waals surface area contributed by atoms with Crippen LogP contribution in [-0.4, -0.2) is 63.8 Å². The molecule has 0 spiro atoms. The van der Waals surface area contributed by atoms with E-state index in [2.05, 4.69) is 27.4 Å². The van der Waals surface area contributed by atoms with Crippen molar-refractivity contribution in [2.45, 2.75) is 51.5 Å². The van der Waals surface area contributed by atoms with Crippen LogP contribution in [-0.2, 0) is 4.74 Å². The molecule has 23 heavy (non-hydrogen) atoms. The van der Waals surface area contributed by atoms with E-state index >= 15 is 0 Å². The molecular weight excluding hydrogens is 403 g/mol. The number of hydrogen-bond acceptors (Lipinski definition) is 3. The number of rotatable bonds is 8. The van der Waals surface area contributed by atoms with Crippen LogP contribution in [0.25, 0.3) is 0 Å². The molecule has 6 heteroatoms. The Labute approximate surface area is 159 Å². The molecule has 2 N–H and O–H groups in total. The van der Waals surface area contributed by atoms with E-state index in [0.717, 1.165) is 32.2 Å². The maximum Gasteiger partial charge on any atom is 0.191 e. The summed E-state index contributed by atoms with van der Waals surface area (Å²) in [6.45, 7) is 7.39. The number of nitrogens with one attached hydrogen (secondary N) is 2. The molecule has 0 aromatic carbocycles. The lowest BCUT2D eigenvalue weighted by molar-refractivity contribution is 0.131. The second-order valence-electron chi connectivity index (χ2n) is 6.84. The molecule has 5 nitrogen and oxygen atoms in total. The molecule has 136 valence electrons. The predicted octanol–water partition coefficient (Wildman–Crippen LogP) is 2.46. The molecule has 1 unspecified atom stereocenters. The van der Waals surface area contributed by atoms with Gasteiger partial charge in [-0.1, -0.05) is 13.3 Å². The Morgan fingerprint density at radius 3 is 2.65 bits per heavy atom. The van der Waals surface area contributed by atoms with E-state index in [1.165, 1.54) is 45.1 Å². The molecule has 1 saturated heterocycles. The van der Waals surface area contributed by atoms with Gasteiger partial charge in [-0.2, -0.15) is 0 Å². The molecule has 0 amide bonds. The number of nitrogens with zero attached hydrogens (tertiary/aromatic N) is 2. The SMILES string of the molecule is CCC1(CNC(=NC)NCC2CCCN2CCOC)CCC1.I. The number of hydrogen-bond donors (Lipinski definition) is 2. The van der Waals surface area contributed by atoms with Crippen LogP contribution in [0.2, 0.25) is 0 Å². The number of methoxy groups -OCH3 is 1. The lowest BCUT2D eigenvalue weighted by atomic mass is 9.67. The van der Waals surface area contributed by atoms with Gasteiger partial charge in [-0.3, -0.25) is 9.89 Å². The highest BCUT2D eigenvalue weighted by Gasteiger charge is 2.35. The van der Waals surface area contributed by atoms with Crippen LogP contribution in [0.3, 0.4) is 0 Å². The fraction of sp³-hybridized carbons (Fsp3) is 0.941. The van der Waals surface area contributed by atoms with Gasteiger partial charge < -0.3 is 15.4 Å². The highest BCUT2D eigenvalue weighted by molar-refractivity contribution is 14.0. The third-order valence-corrected chi connectivity index (χ3v) is 5.61. The summed E-state index contributed by atoms with van der Waals surface area (Å²) in [5.41, 5.74) is 0.523. The molecule has 0 bridgehead atoms. The summed E-state index contributed by atoms with van der Waals surface area (Å²) in [6.07, 6.45) is 7.94. The van der Waals surface area contributed by atoms with Crippen molar-refractivity contribution in [2.75, 3.05) is 46.9 Å². The van der Waals surface area contributed by atoms with Crippen molar-refractivity contribution >= 4 is 29.9 Å². The standard InChI is InChI=1S/C17H34N4O.HI/c1-4-17(8-6-9-17)14-20-16(18-2)19-13-15-7-5-10-21(15)11-12-22-3;/h15H,4-14H2,1-3H3,(H2,18,19,20);1H. The molecule has 2 aliphatic rings. The minimum absolute atomic E-state index is 0. The molecule has 2 fully saturated rings. The summed E-state index contributed by atoms with van der Waals surface area (Å²) in [5, 5.41) is 7.06. The third-order valence-electron chi connectivity index (χ3n) is 5.61. The lowest BCUT2D eigenvalue weighted by Gasteiger charge is -2.41. The van der Waals surface area contributed by atoms with Gasteiger partial charge in [-0.05, 0) is 44.1 Å². The van der Waals surface area contributed by atoms with Gasteiger partial charge in [0.25, 0.3) is 0 Å². The zero-order chi connectivity index (χ0) is 15.8. The van der Waals surface area contributed by atoms with Crippen LogP contribution < -0.4 is 10.6 Å². The van der Waals surface area contributed by atoms with Crippen LogP contribution >= 0.6 is 24.0 Å². The van der Waals surface area contributed by atoms with Gasteiger partial charge >= 0.3 is 0 Å². The van der Waals surface area contributed by atoms with Crippen molar-refractivity contribution in [1.29, 1.82) is 0 Å². The zero-order valence-electron chi connectivity index (χ0n) is 15.1. The predicted molar refractivity (Wildman–Crippen MR) is 108 cm³/mol. The van der Waals surface area contributed by atoms with Crippen LogP contribution in [0.1, 0.15) is 45.4 Å². The average Bonchev–Trinajstić information content (AvgIpc) is 2.94. The van der Waals surface area contributed by atoms with Gasteiger partial charge in [0.15, 0.2) is 5.96 Å². The van der Waals surface area contributed by atoms with E-state index in [4.69, 9.17) is 4.74 Å². The van der Waals surface area contributed by atoms with Crippen molar-refractivity contribution < 1.29 is 4.74 Å². The Bertz CT molecular complexity index is 355. The molecule has 1 atom stereocenters. The zero-order valence-corrected chi connectivity index (χ0v) is 17.4. The number of halogens is 1. The van der Waals surface area contributed by atoms with E-state index in [1.54, 1.807) is 7.11 Å².